The number of ether oxygens (including phenoxy) is 1. The highest BCUT2D eigenvalue weighted by atomic mass is 32.2. The first-order chi connectivity index (χ1) is 23.8. The van der Waals surface area contributed by atoms with Gasteiger partial charge in [-0.05, 0) is 25.5 Å². The van der Waals surface area contributed by atoms with Gasteiger partial charge in [0.1, 0.15) is 48.3 Å². The number of hydrogen-bond acceptors (Lipinski definition) is 16. The van der Waals surface area contributed by atoms with E-state index in [0.29, 0.717) is 29.9 Å². The molecule has 0 aliphatic carbocycles. The lowest BCUT2D eigenvalue weighted by atomic mass is 9.84. The normalized spacial score (nSPS) is 25.0. The molecular weight excluding hydrogens is 771 g/mol. The van der Waals surface area contributed by atoms with Crippen LogP contribution in [0.4, 0.5) is 5.69 Å². The molecule has 0 bridgehead atoms. The fourth-order valence-electron chi connectivity index (χ4n) is 5.32. The van der Waals surface area contributed by atoms with Gasteiger partial charge in [0, 0.05) is 35.6 Å². The highest BCUT2D eigenvalue weighted by molar-refractivity contribution is 8.00. The number of carbonyl (C=O) groups is 2. The molecule has 3 rings (SSSR count). The Hall–Kier alpha value is -1.31. The van der Waals surface area contributed by atoms with E-state index in [0.717, 1.165) is 5.75 Å². The molecule has 8 unspecified atom stereocenters. The molecule has 3 heterocycles. The minimum absolute atomic E-state index is 0.00655. The molecule has 1 saturated heterocycles. The second-order valence-corrected chi connectivity index (χ2v) is 20.2. The van der Waals surface area contributed by atoms with E-state index < -0.39 is 84.3 Å². The Balaban J connectivity index is 1.52. The Morgan fingerprint density at radius 1 is 0.981 bits per heavy atom. The zero-order chi connectivity index (χ0) is 39.3. The van der Waals surface area contributed by atoms with E-state index in [4.69, 9.17) is 18.3 Å². The summed E-state index contributed by atoms with van der Waals surface area (Å²) in [4.78, 5) is 76.4. The fourth-order valence-corrected chi connectivity index (χ4v) is 9.05. The number of nitrogens with zero attached hydrogens (tertiary/aromatic N) is 3. The van der Waals surface area contributed by atoms with Crippen molar-refractivity contribution in [3.8, 4) is 0 Å². The van der Waals surface area contributed by atoms with Crippen LogP contribution in [0.2, 0.25) is 0 Å². The topological polar surface area (TPSA) is 291 Å². The van der Waals surface area contributed by atoms with Crippen LogP contribution in [-0.4, -0.2) is 112 Å². The Labute approximate surface area is 305 Å². The van der Waals surface area contributed by atoms with Crippen LogP contribution in [0, 0.1) is 12.3 Å². The number of phosphoric acid groups is 3. The third kappa shape index (κ3) is 13.8. The number of Topliss-reactive ketones (excluding diaryl/α,β-unsaturated/α-hetero) is 2. The summed E-state index contributed by atoms with van der Waals surface area (Å²) in [7, 11) is -16.2. The molecule has 296 valence electrons. The summed E-state index contributed by atoms with van der Waals surface area (Å²) in [5, 5.41) is 21.6. The molecule has 0 radical (unpaired) electrons. The van der Waals surface area contributed by atoms with Gasteiger partial charge in [0.05, 0.1) is 30.5 Å². The van der Waals surface area contributed by atoms with Crippen molar-refractivity contribution in [1.29, 1.82) is 0 Å². The second kappa shape index (κ2) is 18.1. The molecule has 23 heteroatoms. The van der Waals surface area contributed by atoms with Crippen molar-refractivity contribution in [2.24, 2.45) is 10.4 Å². The first kappa shape index (κ1) is 45.1. The smallest absolute Gasteiger partial charge is 0.388 e. The van der Waals surface area contributed by atoms with Crippen LogP contribution in [0.25, 0.3) is 0 Å². The van der Waals surface area contributed by atoms with Crippen molar-refractivity contribution in [2.75, 3.05) is 19.0 Å². The molecule has 0 aromatic carbocycles. The number of carbonyl (C=O) groups excluding carboxylic acids is 2. The summed E-state index contributed by atoms with van der Waals surface area (Å²) >= 11 is 1.75. The molecule has 52 heavy (non-hydrogen) atoms. The highest BCUT2D eigenvalue weighted by Gasteiger charge is 2.52. The van der Waals surface area contributed by atoms with Gasteiger partial charge in [0.25, 0.3) is 0 Å². The zero-order valence-electron chi connectivity index (χ0n) is 29.6. The zero-order valence-corrected chi connectivity index (χ0v) is 33.1. The molecular formula is C29H48N3O16P3S. The number of aliphatic hydroxyl groups is 2. The molecule has 0 amide bonds. The van der Waals surface area contributed by atoms with Crippen LogP contribution in [0.5, 0.6) is 0 Å². The van der Waals surface area contributed by atoms with Gasteiger partial charge in [-0.1, -0.05) is 34.6 Å². The lowest BCUT2D eigenvalue weighted by molar-refractivity contribution is -0.134. The molecule has 1 aromatic rings. The molecule has 8 atom stereocenters. The van der Waals surface area contributed by atoms with E-state index in [1.165, 1.54) is 26.4 Å². The minimum atomic E-state index is -5.50. The van der Waals surface area contributed by atoms with E-state index in [1.807, 2.05) is 0 Å². The maximum atomic E-state index is 12.7. The molecule has 0 spiro atoms. The SMILES string of the molecule is Cc1ncnc2c1N=CC2C1OC(COP(=O)(O)OP(=O)(O)OCC(C)(C)C(O)C(=O)CCCC(=O)CCCSC(C)(C)C)C(OP(=O)(O)O)C1O. The lowest BCUT2D eigenvalue weighted by Gasteiger charge is -2.30. The molecule has 1 fully saturated rings. The van der Waals surface area contributed by atoms with Crippen LogP contribution < -0.4 is 0 Å². The Morgan fingerprint density at radius 3 is 2.25 bits per heavy atom. The molecule has 2 aliphatic heterocycles. The van der Waals surface area contributed by atoms with Crippen molar-refractivity contribution in [1.82, 2.24) is 9.97 Å². The Kier molecular flexibility index (Phi) is 15.7. The molecule has 1 aromatic heterocycles. The highest BCUT2D eigenvalue weighted by Crippen LogP contribution is 2.61. The van der Waals surface area contributed by atoms with Crippen molar-refractivity contribution >= 4 is 58.7 Å². The number of hydrogen-bond donors (Lipinski definition) is 6. The van der Waals surface area contributed by atoms with E-state index in [1.54, 1.807) is 18.7 Å². The maximum absolute atomic E-state index is 12.7. The van der Waals surface area contributed by atoms with Gasteiger partial charge in [0.15, 0.2) is 5.78 Å². The molecule has 6 N–H and O–H groups in total. The molecule has 19 nitrogen and oxygen atoms in total. The van der Waals surface area contributed by atoms with Gasteiger partial charge < -0.3 is 34.5 Å². The summed E-state index contributed by atoms with van der Waals surface area (Å²) in [5.41, 5.74) is -0.247. The number of phosphoric ester groups is 3. The van der Waals surface area contributed by atoms with Crippen LogP contribution >= 0.6 is 35.2 Å². The van der Waals surface area contributed by atoms with Crippen LogP contribution in [-0.2, 0) is 45.9 Å². The first-order valence-corrected chi connectivity index (χ1v) is 21.8. The van der Waals surface area contributed by atoms with Crippen molar-refractivity contribution < 1.29 is 75.7 Å². The number of fused-ring (bicyclic) bond motifs is 1. The van der Waals surface area contributed by atoms with Crippen LogP contribution in [0.15, 0.2) is 11.3 Å². The molecule has 2 aliphatic rings. The number of aromatic nitrogens is 2. The standard InChI is InChI=1S/C29H48N3O16P3S/c1-17-22-23(32-16-31-17)19(13-30-22)25-24(35)26(47-49(37,38)39)21(46-25)14-44-50(40,41)48-51(42,43)45-15-29(5,6)27(36)20(34)11-7-9-18(33)10-8-12-52-28(2,3)4/h13,16,19,21,24-27,35-36H,7-12,14-15H2,1-6H3,(H,40,41)(H,42,43)(H2,37,38,39). The lowest BCUT2D eigenvalue weighted by Crippen LogP contribution is -2.39. The second-order valence-electron chi connectivity index (χ2n) is 14.1. The van der Waals surface area contributed by atoms with Gasteiger partial charge in [-0.15, -0.1) is 0 Å². The van der Waals surface area contributed by atoms with E-state index in [-0.39, 0.29) is 29.8 Å². The monoisotopic (exact) mass is 819 g/mol. The van der Waals surface area contributed by atoms with Crippen molar-refractivity contribution in [2.45, 2.75) is 115 Å². The largest absolute Gasteiger partial charge is 0.481 e. The summed E-state index contributed by atoms with van der Waals surface area (Å²) in [6, 6.07) is 0. The van der Waals surface area contributed by atoms with Crippen LogP contribution in [0.3, 0.4) is 0 Å². The van der Waals surface area contributed by atoms with Crippen molar-refractivity contribution in [3.63, 3.8) is 0 Å². The predicted octanol–water partition coefficient (Wildman–Crippen LogP) is 3.45. The first-order valence-electron chi connectivity index (χ1n) is 16.3. The average Bonchev–Trinajstić information content (AvgIpc) is 3.56. The predicted molar refractivity (Wildman–Crippen MR) is 187 cm³/mol. The number of aliphatic hydroxyl groups excluding tert-OH is 2. The van der Waals surface area contributed by atoms with E-state index in [2.05, 4.69) is 40.0 Å². The number of thioether (sulfide) groups is 1. The minimum Gasteiger partial charge on any atom is -0.388 e. The summed E-state index contributed by atoms with van der Waals surface area (Å²) in [6.45, 7) is 8.75. The quantitative estimate of drug-likeness (QED) is 0.0764. The van der Waals surface area contributed by atoms with E-state index >= 15 is 0 Å². The third-order valence-electron chi connectivity index (χ3n) is 7.97. The number of ketones is 2. The number of aryl methyl sites for hydroxylation is 1. The fraction of sp³-hybridized carbons (Fsp3) is 0.759. The van der Waals surface area contributed by atoms with Crippen molar-refractivity contribution in [3.05, 3.63) is 17.7 Å². The van der Waals surface area contributed by atoms with E-state index in [9.17, 15) is 53.1 Å². The van der Waals surface area contributed by atoms with Gasteiger partial charge in [-0.25, -0.2) is 23.7 Å². The van der Waals surface area contributed by atoms with Gasteiger partial charge in [-0.3, -0.25) is 28.2 Å². The third-order valence-corrected chi connectivity index (χ3v) is 12.4. The van der Waals surface area contributed by atoms with Gasteiger partial charge in [0.2, 0.25) is 0 Å². The Morgan fingerprint density at radius 2 is 1.62 bits per heavy atom. The summed E-state index contributed by atoms with van der Waals surface area (Å²) < 4.78 is 61.4. The summed E-state index contributed by atoms with van der Waals surface area (Å²) in [6.07, 6.45) is -4.25. The maximum Gasteiger partial charge on any atom is 0.481 e. The van der Waals surface area contributed by atoms with Crippen LogP contribution in [0.1, 0.15) is 84.0 Å². The summed E-state index contributed by atoms with van der Waals surface area (Å²) in [5.74, 6) is -0.668. The average molecular weight is 820 g/mol. The number of rotatable bonds is 21. The van der Waals surface area contributed by atoms with Gasteiger partial charge >= 0.3 is 23.5 Å². The number of aliphatic imine (C=N–C) groups is 1. The van der Waals surface area contributed by atoms with Gasteiger partial charge in [-0.2, -0.15) is 16.1 Å². The molecule has 0 saturated carbocycles. The Bertz CT molecular complexity index is 1600.